The standard InChI is InChI=1S/C32H36ClN7O5/c1-4-7-12-27(31-35-37-38-36-31)26(6-3)24-16-14-22(15-17-24)19-39-28(30(33)34-29(39)13-8-5-2)21-44-32(41)25-11-9-10-23(18-25)20-45-40(42)43/h4,6-7,9-12,14-18,42-43H,5,8,13,19-21H2,1-3H3,(H,35,36,37,38)/b7-4-,26-6-,27-12+. The number of hydrogen-bond acceptors (Lipinski definition) is 10. The smallest absolute Gasteiger partial charge is 0.338 e. The number of H-pyrrole nitrogens is 1. The van der Waals surface area contributed by atoms with Crippen LogP contribution < -0.4 is 0 Å². The van der Waals surface area contributed by atoms with Gasteiger partial charge in [0.1, 0.15) is 12.4 Å². The number of rotatable bonds is 15. The lowest BCUT2D eigenvalue weighted by Crippen LogP contribution is -2.14. The van der Waals surface area contributed by atoms with Crippen LogP contribution in [0.2, 0.25) is 5.15 Å². The number of carbonyl (C=O) groups excluding carboxylic acids is 1. The molecular formula is C32H36ClN7O5. The summed E-state index contributed by atoms with van der Waals surface area (Å²) in [6, 6.07) is 14.7. The van der Waals surface area contributed by atoms with Gasteiger partial charge in [0.25, 0.3) is 0 Å². The van der Waals surface area contributed by atoms with E-state index in [1.807, 2.05) is 67.0 Å². The molecule has 13 heteroatoms. The number of benzene rings is 2. The number of aromatic nitrogens is 6. The molecule has 2 aromatic carbocycles. The molecule has 0 saturated carbocycles. The van der Waals surface area contributed by atoms with E-state index >= 15 is 0 Å². The summed E-state index contributed by atoms with van der Waals surface area (Å²) in [5.74, 6) is 0.754. The van der Waals surface area contributed by atoms with Gasteiger partial charge >= 0.3 is 5.97 Å². The van der Waals surface area contributed by atoms with Crippen molar-refractivity contribution >= 4 is 28.7 Å². The monoisotopic (exact) mass is 633 g/mol. The van der Waals surface area contributed by atoms with Crippen LogP contribution in [0.4, 0.5) is 0 Å². The molecule has 45 heavy (non-hydrogen) atoms. The summed E-state index contributed by atoms with van der Waals surface area (Å²) in [6.07, 6.45) is 10.5. The molecule has 0 atom stereocenters. The third-order valence-electron chi connectivity index (χ3n) is 6.93. The average molecular weight is 634 g/mol. The molecule has 0 aliphatic rings. The molecule has 0 spiro atoms. The molecule has 0 aliphatic heterocycles. The maximum atomic E-state index is 12.9. The Labute approximate surface area is 266 Å². The first-order valence-corrected chi connectivity index (χ1v) is 14.9. The van der Waals surface area contributed by atoms with Gasteiger partial charge in [0.05, 0.1) is 23.3 Å². The van der Waals surface area contributed by atoms with Crippen LogP contribution in [0.5, 0.6) is 0 Å². The second kappa shape index (κ2) is 16.6. The van der Waals surface area contributed by atoms with Crippen LogP contribution in [0.1, 0.15) is 78.0 Å². The number of imidazole rings is 1. The average Bonchev–Trinajstić information content (AvgIpc) is 3.68. The van der Waals surface area contributed by atoms with Crippen molar-refractivity contribution in [2.75, 3.05) is 0 Å². The number of carbonyl (C=O) groups is 1. The van der Waals surface area contributed by atoms with Crippen LogP contribution in [0.15, 0.2) is 72.8 Å². The molecular weight excluding hydrogens is 598 g/mol. The number of esters is 1. The van der Waals surface area contributed by atoms with Crippen molar-refractivity contribution in [2.45, 2.75) is 59.8 Å². The number of aryl methyl sites for hydroxylation is 1. The molecule has 0 radical (unpaired) electrons. The number of nitrogens with zero attached hydrogens (tertiary/aromatic N) is 6. The molecule has 12 nitrogen and oxygen atoms in total. The highest BCUT2D eigenvalue weighted by Gasteiger charge is 2.19. The van der Waals surface area contributed by atoms with E-state index in [0.29, 0.717) is 23.6 Å². The summed E-state index contributed by atoms with van der Waals surface area (Å²) in [4.78, 5) is 22.2. The maximum Gasteiger partial charge on any atom is 0.338 e. The third-order valence-corrected chi connectivity index (χ3v) is 7.23. The fourth-order valence-corrected chi connectivity index (χ4v) is 4.95. The van der Waals surface area contributed by atoms with Crippen molar-refractivity contribution in [3.8, 4) is 0 Å². The Morgan fingerprint density at radius 2 is 1.87 bits per heavy atom. The Kier molecular flexibility index (Phi) is 12.3. The lowest BCUT2D eigenvalue weighted by atomic mass is 9.95. The van der Waals surface area contributed by atoms with E-state index < -0.39 is 5.97 Å². The van der Waals surface area contributed by atoms with E-state index in [1.54, 1.807) is 24.3 Å². The van der Waals surface area contributed by atoms with Gasteiger partial charge in [0, 0.05) is 18.5 Å². The van der Waals surface area contributed by atoms with Crippen LogP contribution in [-0.2, 0) is 35.8 Å². The number of unbranched alkanes of at least 4 members (excludes halogenated alkanes) is 1. The number of hydrogen-bond donors (Lipinski definition) is 3. The van der Waals surface area contributed by atoms with Crippen LogP contribution >= 0.6 is 11.6 Å². The Morgan fingerprint density at radius 3 is 2.53 bits per heavy atom. The summed E-state index contributed by atoms with van der Waals surface area (Å²) in [5.41, 5.74) is 5.24. The zero-order chi connectivity index (χ0) is 32.2. The van der Waals surface area contributed by atoms with E-state index in [9.17, 15) is 4.79 Å². The Hall–Kier alpha value is -4.46. The molecule has 4 aromatic rings. The molecule has 236 valence electrons. The molecule has 0 fully saturated rings. The minimum absolute atomic E-state index is 0.0802. The second-order valence-electron chi connectivity index (χ2n) is 10.00. The van der Waals surface area contributed by atoms with Crippen LogP contribution in [0.25, 0.3) is 11.1 Å². The van der Waals surface area contributed by atoms with Crippen molar-refractivity contribution < 1.29 is 24.8 Å². The summed E-state index contributed by atoms with van der Waals surface area (Å²) < 4.78 is 7.67. The van der Waals surface area contributed by atoms with Crippen molar-refractivity contribution in [2.24, 2.45) is 0 Å². The molecule has 0 bridgehead atoms. The fourth-order valence-electron chi connectivity index (χ4n) is 4.70. The molecule has 0 amide bonds. The van der Waals surface area contributed by atoms with E-state index in [2.05, 4.69) is 37.4 Å². The first-order valence-electron chi connectivity index (χ1n) is 14.5. The Bertz CT molecular complexity index is 1640. The number of tetrazole rings is 1. The van der Waals surface area contributed by atoms with Gasteiger partial charge in [-0.3, -0.25) is 10.4 Å². The lowest BCUT2D eigenvalue weighted by molar-refractivity contribution is -0.497. The SMILES string of the molecule is C\C=C/C=C(\C(=C/C)c1ccc(Cn2c(CCCC)nc(Cl)c2COC(=O)c2cccc(CON(O)O)c2)cc1)c1nn[nH]n1. The molecule has 3 N–H and O–H groups in total. The zero-order valence-corrected chi connectivity index (χ0v) is 26.1. The highest BCUT2D eigenvalue weighted by Crippen LogP contribution is 2.30. The van der Waals surface area contributed by atoms with Crippen molar-refractivity contribution in [1.29, 1.82) is 0 Å². The molecule has 4 rings (SSSR count). The van der Waals surface area contributed by atoms with Crippen LogP contribution in [-0.4, -0.2) is 51.9 Å². The molecule has 2 heterocycles. The highest BCUT2D eigenvalue weighted by atomic mass is 35.5. The summed E-state index contributed by atoms with van der Waals surface area (Å²) >= 11 is 6.60. The first-order chi connectivity index (χ1) is 21.8. The van der Waals surface area contributed by atoms with Crippen LogP contribution in [0.3, 0.4) is 0 Å². The Balaban J connectivity index is 1.55. The van der Waals surface area contributed by atoms with E-state index in [4.69, 9.17) is 26.8 Å². The minimum atomic E-state index is -0.563. The third kappa shape index (κ3) is 9.03. The van der Waals surface area contributed by atoms with Gasteiger partial charge in [-0.1, -0.05) is 85.6 Å². The van der Waals surface area contributed by atoms with E-state index in [0.717, 1.165) is 47.4 Å². The summed E-state index contributed by atoms with van der Waals surface area (Å²) in [6.45, 7) is 6.28. The number of nitrogens with one attached hydrogen (secondary N) is 1. The maximum absolute atomic E-state index is 12.9. The molecule has 2 aromatic heterocycles. The van der Waals surface area contributed by atoms with Gasteiger partial charge in [0.15, 0.2) is 5.15 Å². The van der Waals surface area contributed by atoms with Gasteiger partial charge in [-0.15, -0.1) is 10.2 Å². The lowest BCUT2D eigenvalue weighted by Gasteiger charge is -2.14. The fraction of sp³-hybridized carbons (Fsp3) is 0.281. The molecule has 0 saturated heterocycles. The first kappa shape index (κ1) is 33.4. The highest BCUT2D eigenvalue weighted by molar-refractivity contribution is 6.30. The second-order valence-corrected chi connectivity index (χ2v) is 10.4. The van der Waals surface area contributed by atoms with E-state index in [1.165, 1.54) is 0 Å². The normalized spacial score (nSPS) is 12.4. The van der Waals surface area contributed by atoms with Gasteiger partial charge in [-0.25, -0.2) is 14.6 Å². The molecule has 0 unspecified atom stereocenters. The van der Waals surface area contributed by atoms with Crippen molar-refractivity contribution in [1.82, 2.24) is 35.6 Å². The van der Waals surface area contributed by atoms with Gasteiger partial charge < -0.3 is 9.30 Å². The zero-order valence-electron chi connectivity index (χ0n) is 25.4. The number of allylic oxidation sites excluding steroid dienone is 6. The number of aromatic amines is 1. The Morgan fingerprint density at radius 1 is 1.07 bits per heavy atom. The largest absolute Gasteiger partial charge is 0.456 e. The predicted molar refractivity (Wildman–Crippen MR) is 168 cm³/mol. The minimum Gasteiger partial charge on any atom is -0.456 e. The van der Waals surface area contributed by atoms with Gasteiger partial charge in [-0.2, -0.15) is 5.21 Å². The number of ether oxygens (including phenoxy) is 1. The summed E-state index contributed by atoms with van der Waals surface area (Å²) in [5, 5.41) is 32.1. The van der Waals surface area contributed by atoms with Crippen LogP contribution in [0, 0.1) is 0 Å². The quantitative estimate of drug-likeness (QED) is 0.0764. The van der Waals surface area contributed by atoms with Gasteiger partial charge in [-0.05, 0) is 59.9 Å². The molecule has 0 aliphatic carbocycles. The number of halogens is 1. The van der Waals surface area contributed by atoms with Crippen molar-refractivity contribution in [3.05, 3.63) is 118 Å². The van der Waals surface area contributed by atoms with Crippen molar-refractivity contribution in [3.63, 3.8) is 0 Å². The predicted octanol–water partition coefficient (Wildman–Crippen LogP) is 6.37. The van der Waals surface area contributed by atoms with E-state index in [-0.39, 0.29) is 29.3 Å². The summed E-state index contributed by atoms with van der Waals surface area (Å²) in [7, 11) is 0. The topological polar surface area (TPSA) is 152 Å². The van der Waals surface area contributed by atoms with Gasteiger partial charge in [0.2, 0.25) is 5.82 Å².